The predicted molar refractivity (Wildman–Crippen MR) is 110 cm³/mol. The molecule has 0 radical (unpaired) electrons. The summed E-state index contributed by atoms with van der Waals surface area (Å²) in [5.74, 6) is 0.285. The second-order valence-corrected chi connectivity index (χ2v) is 8.13. The Balaban J connectivity index is 1.82. The van der Waals surface area contributed by atoms with Crippen LogP contribution in [0.2, 0.25) is 0 Å². The van der Waals surface area contributed by atoms with E-state index in [1.165, 1.54) is 42.7 Å². The van der Waals surface area contributed by atoms with Gasteiger partial charge in [0.15, 0.2) is 4.96 Å². The van der Waals surface area contributed by atoms with Crippen molar-refractivity contribution < 1.29 is 13.9 Å². The Bertz CT molecular complexity index is 987. The molecular formula is C21H24FN3O2S. The lowest BCUT2D eigenvalue weighted by Crippen LogP contribution is -2.23. The Morgan fingerprint density at radius 2 is 2.00 bits per heavy atom. The second-order valence-electron chi connectivity index (χ2n) is 7.15. The number of aromatic nitrogens is 2. The summed E-state index contributed by atoms with van der Waals surface area (Å²) in [5, 5.41) is 3.67. The van der Waals surface area contributed by atoms with Gasteiger partial charge in [0.1, 0.15) is 22.2 Å². The fourth-order valence-electron chi connectivity index (χ4n) is 3.81. The first kappa shape index (κ1) is 18.9. The largest absolute Gasteiger partial charge is 0.462 e. The zero-order valence-electron chi connectivity index (χ0n) is 16.1. The highest BCUT2D eigenvalue weighted by Crippen LogP contribution is 2.36. The summed E-state index contributed by atoms with van der Waals surface area (Å²) < 4.78 is 20.6. The van der Waals surface area contributed by atoms with E-state index in [9.17, 15) is 9.18 Å². The molecule has 1 aliphatic carbocycles. The van der Waals surface area contributed by atoms with Gasteiger partial charge in [-0.25, -0.2) is 14.2 Å². The summed E-state index contributed by atoms with van der Waals surface area (Å²) in [4.78, 5) is 18.4. The molecule has 148 valence electrons. The van der Waals surface area contributed by atoms with Crippen molar-refractivity contribution in [3.8, 4) is 11.3 Å². The normalized spacial score (nSPS) is 15.1. The van der Waals surface area contributed by atoms with E-state index in [2.05, 4.69) is 5.32 Å². The number of carbonyl (C=O) groups excluding carboxylic acids is 1. The minimum atomic E-state index is -0.317. The van der Waals surface area contributed by atoms with Crippen molar-refractivity contribution in [3.05, 3.63) is 40.7 Å². The molecule has 1 aromatic carbocycles. The number of aryl methyl sites for hydroxylation is 1. The van der Waals surface area contributed by atoms with Crippen molar-refractivity contribution in [3.63, 3.8) is 0 Å². The molecule has 28 heavy (non-hydrogen) atoms. The first-order chi connectivity index (χ1) is 13.6. The van der Waals surface area contributed by atoms with Crippen LogP contribution in [0.25, 0.3) is 16.2 Å². The van der Waals surface area contributed by atoms with Crippen LogP contribution >= 0.6 is 11.3 Å². The number of hydrogen-bond acceptors (Lipinski definition) is 5. The third kappa shape index (κ3) is 3.51. The van der Waals surface area contributed by atoms with Crippen molar-refractivity contribution in [2.75, 3.05) is 11.9 Å². The molecule has 1 N–H and O–H groups in total. The molecule has 1 fully saturated rings. The molecule has 4 rings (SSSR count). The molecule has 0 unspecified atom stereocenters. The number of nitrogens with zero attached hydrogens (tertiary/aromatic N) is 2. The van der Waals surface area contributed by atoms with Crippen molar-refractivity contribution in [2.45, 2.75) is 52.0 Å². The average molecular weight is 402 g/mol. The highest BCUT2D eigenvalue weighted by Gasteiger charge is 2.25. The van der Waals surface area contributed by atoms with Gasteiger partial charge in [0.2, 0.25) is 0 Å². The lowest BCUT2D eigenvalue weighted by molar-refractivity contribution is 0.0531. The number of imidazole rings is 1. The van der Waals surface area contributed by atoms with Gasteiger partial charge in [-0.05, 0) is 51.0 Å². The van der Waals surface area contributed by atoms with E-state index in [1.807, 2.05) is 11.3 Å². The monoisotopic (exact) mass is 401 g/mol. The first-order valence-electron chi connectivity index (χ1n) is 9.80. The van der Waals surface area contributed by atoms with Gasteiger partial charge in [-0.2, -0.15) is 0 Å². The zero-order chi connectivity index (χ0) is 19.7. The third-order valence-corrected chi connectivity index (χ3v) is 6.35. The summed E-state index contributed by atoms with van der Waals surface area (Å²) in [7, 11) is 0. The molecule has 0 atom stereocenters. The van der Waals surface area contributed by atoms with Gasteiger partial charge >= 0.3 is 5.97 Å². The van der Waals surface area contributed by atoms with Gasteiger partial charge in [0, 0.05) is 17.3 Å². The van der Waals surface area contributed by atoms with E-state index in [-0.39, 0.29) is 11.8 Å². The molecule has 2 aromatic heterocycles. The fourth-order valence-corrected chi connectivity index (χ4v) is 4.83. The molecule has 0 amide bonds. The molecule has 7 heteroatoms. The summed E-state index contributed by atoms with van der Waals surface area (Å²) in [6, 6.07) is 6.76. The Morgan fingerprint density at radius 3 is 2.68 bits per heavy atom. The maximum Gasteiger partial charge on any atom is 0.350 e. The second kappa shape index (κ2) is 7.91. The Labute approximate surface area is 167 Å². The molecule has 2 heterocycles. The number of nitrogens with one attached hydrogen (secondary N) is 1. The highest BCUT2D eigenvalue weighted by atomic mass is 32.1. The SMILES string of the molecule is CCOC(=O)c1sc2nc(-c3ccc(F)cc3)c(NC3CCCCC3)n2c1C. The van der Waals surface area contributed by atoms with E-state index in [0.29, 0.717) is 17.5 Å². The quantitative estimate of drug-likeness (QED) is 0.579. The smallest absolute Gasteiger partial charge is 0.350 e. The Hall–Kier alpha value is -2.41. The molecule has 1 aliphatic rings. The van der Waals surface area contributed by atoms with Gasteiger partial charge in [-0.15, -0.1) is 0 Å². The molecule has 0 aliphatic heterocycles. The fraction of sp³-hybridized carbons (Fsp3) is 0.429. The number of anilines is 1. The van der Waals surface area contributed by atoms with Crippen LogP contribution in [0.1, 0.15) is 54.4 Å². The van der Waals surface area contributed by atoms with Crippen LogP contribution < -0.4 is 5.32 Å². The molecular weight excluding hydrogens is 377 g/mol. The molecule has 3 aromatic rings. The van der Waals surface area contributed by atoms with Crippen molar-refractivity contribution in [1.82, 2.24) is 9.38 Å². The number of fused-ring (bicyclic) bond motifs is 1. The van der Waals surface area contributed by atoms with E-state index in [0.717, 1.165) is 40.6 Å². The van der Waals surface area contributed by atoms with Crippen LogP contribution in [-0.4, -0.2) is 28.0 Å². The van der Waals surface area contributed by atoms with Gasteiger partial charge in [-0.1, -0.05) is 30.6 Å². The molecule has 0 bridgehead atoms. The van der Waals surface area contributed by atoms with Crippen LogP contribution in [0, 0.1) is 12.7 Å². The van der Waals surface area contributed by atoms with Crippen LogP contribution in [-0.2, 0) is 4.74 Å². The molecule has 1 saturated carbocycles. The number of ether oxygens (including phenoxy) is 1. The van der Waals surface area contributed by atoms with E-state index >= 15 is 0 Å². The average Bonchev–Trinajstić information content (AvgIpc) is 3.21. The number of halogens is 1. The number of benzene rings is 1. The summed E-state index contributed by atoms with van der Waals surface area (Å²) in [5.41, 5.74) is 2.46. The van der Waals surface area contributed by atoms with E-state index in [1.54, 1.807) is 19.1 Å². The summed E-state index contributed by atoms with van der Waals surface area (Å²) >= 11 is 1.33. The van der Waals surface area contributed by atoms with Crippen molar-refractivity contribution >= 4 is 28.1 Å². The molecule has 5 nitrogen and oxygen atoms in total. The first-order valence-corrected chi connectivity index (χ1v) is 10.6. The lowest BCUT2D eigenvalue weighted by atomic mass is 9.95. The van der Waals surface area contributed by atoms with Crippen LogP contribution in [0.4, 0.5) is 10.2 Å². The minimum Gasteiger partial charge on any atom is -0.462 e. The Kier molecular flexibility index (Phi) is 5.35. The zero-order valence-corrected chi connectivity index (χ0v) is 16.9. The summed E-state index contributed by atoms with van der Waals surface area (Å²) in [6.07, 6.45) is 5.92. The van der Waals surface area contributed by atoms with Crippen LogP contribution in [0.3, 0.4) is 0 Å². The summed E-state index contributed by atoms with van der Waals surface area (Å²) in [6.45, 7) is 4.05. The van der Waals surface area contributed by atoms with E-state index in [4.69, 9.17) is 9.72 Å². The van der Waals surface area contributed by atoms with Gasteiger partial charge in [0.05, 0.1) is 6.61 Å². The van der Waals surface area contributed by atoms with Gasteiger partial charge in [0.25, 0.3) is 0 Å². The predicted octanol–water partition coefficient (Wildman–Crippen LogP) is 5.43. The van der Waals surface area contributed by atoms with Gasteiger partial charge < -0.3 is 10.1 Å². The number of hydrogen-bond donors (Lipinski definition) is 1. The minimum absolute atomic E-state index is 0.271. The molecule has 0 spiro atoms. The Morgan fingerprint density at radius 1 is 1.29 bits per heavy atom. The van der Waals surface area contributed by atoms with Crippen molar-refractivity contribution in [2.24, 2.45) is 0 Å². The number of carbonyl (C=O) groups is 1. The lowest BCUT2D eigenvalue weighted by Gasteiger charge is -2.24. The standard InChI is InChI=1S/C21H24FN3O2S/c1-3-27-20(26)18-13(2)25-19(23-16-7-5-4-6-8-16)17(24-21(25)28-18)14-9-11-15(22)12-10-14/h9-12,16,23H,3-8H2,1-2H3. The topological polar surface area (TPSA) is 55.6 Å². The van der Waals surface area contributed by atoms with Crippen molar-refractivity contribution in [1.29, 1.82) is 0 Å². The van der Waals surface area contributed by atoms with Crippen LogP contribution in [0.15, 0.2) is 24.3 Å². The number of esters is 1. The number of thiazole rings is 1. The third-order valence-electron chi connectivity index (χ3n) is 5.23. The maximum absolute atomic E-state index is 13.4. The highest BCUT2D eigenvalue weighted by molar-refractivity contribution is 7.19. The van der Waals surface area contributed by atoms with Crippen LogP contribution in [0.5, 0.6) is 0 Å². The number of rotatable bonds is 5. The van der Waals surface area contributed by atoms with Gasteiger partial charge in [-0.3, -0.25) is 4.40 Å². The van der Waals surface area contributed by atoms with E-state index < -0.39 is 0 Å². The maximum atomic E-state index is 13.4. The molecule has 0 saturated heterocycles.